The largest absolute Gasteiger partial charge is 0.490 e. The summed E-state index contributed by atoms with van der Waals surface area (Å²) in [4.78, 5) is 0. The van der Waals surface area contributed by atoms with Gasteiger partial charge in [0.05, 0.1) is 18.9 Å². The predicted molar refractivity (Wildman–Crippen MR) is 112 cm³/mol. The first kappa shape index (κ1) is 22.6. The first-order valence-corrected chi connectivity index (χ1v) is 9.36. The standard InChI is InChI=1S/C20H25N5O3.ClH/c1-3-16(14-26)21-13-15-10-11-18(19(12-15)27-4-2)28-20-22-23-24-25(20)17-8-6-5-7-9-17;/h5-12,16,21,26H,3-4,13-14H2,1-2H3;1H. The fourth-order valence-corrected chi connectivity index (χ4v) is 2.69. The van der Waals surface area contributed by atoms with Crippen molar-refractivity contribution in [2.24, 2.45) is 0 Å². The van der Waals surface area contributed by atoms with Crippen LogP contribution in [0.25, 0.3) is 5.69 Å². The average Bonchev–Trinajstić information content (AvgIpc) is 3.19. The van der Waals surface area contributed by atoms with Crippen molar-refractivity contribution in [2.75, 3.05) is 13.2 Å². The zero-order valence-electron chi connectivity index (χ0n) is 16.5. The lowest BCUT2D eigenvalue weighted by Gasteiger charge is -2.16. The van der Waals surface area contributed by atoms with Gasteiger partial charge in [-0.15, -0.1) is 12.4 Å². The van der Waals surface area contributed by atoms with E-state index in [0.717, 1.165) is 17.7 Å². The van der Waals surface area contributed by atoms with Crippen LogP contribution < -0.4 is 14.8 Å². The second kappa shape index (κ2) is 11.4. The first-order chi connectivity index (χ1) is 13.7. The highest BCUT2D eigenvalue weighted by atomic mass is 35.5. The van der Waals surface area contributed by atoms with Gasteiger partial charge in [-0.3, -0.25) is 0 Å². The van der Waals surface area contributed by atoms with E-state index < -0.39 is 0 Å². The van der Waals surface area contributed by atoms with E-state index in [1.807, 2.05) is 62.4 Å². The number of aliphatic hydroxyl groups excluding tert-OH is 1. The number of nitrogens with zero attached hydrogens (tertiary/aromatic N) is 4. The van der Waals surface area contributed by atoms with E-state index in [4.69, 9.17) is 9.47 Å². The number of aromatic nitrogens is 4. The van der Waals surface area contributed by atoms with E-state index >= 15 is 0 Å². The van der Waals surface area contributed by atoms with E-state index in [0.29, 0.717) is 24.7 Å². The topological polar surface area (TPSA) is 94.3 Å². The predicted octanol–water partition coefficient (Wildman–Crippen LogP) is 3.14. The number of hydrogen-bond acceptors (Lipinski definition) is 7. The van der Waals surface area contributed by atoms with Crippen LogP contribution in [0.15, 0.2) is 48.5 Å². The molecule has 1 aromatic heterocycles. The summed E-state index contributed by atoms with van der Waals surface area (Å²) < 4.78 is 13.2. The van der Waals surface area contributed by atoms with E-state index in [-0.39, 0.29) is 31.1 Å². The molecule has 29 heavy (non-hydrogen) atoms. The van der Waals surface area contributed by atoms with Gasteiger partial charge in [0.15, 0.2) is 11.5 Å². The van der Waals surface area contributed by atoms with Crippen molar-refractivity contribution in [3.8, 4) is 23.2 Å². The molecule has 1 heterocycles. The maximum absolute atomic E-state index is 9.32. The van der Waals surface area contributed by atoms with Gasteiger partial charge in [0.25, 0.3) is 0 Å². The van der Waals surface area contributed by atoms with Crippen molar-refractivity contribution in [1.82, 2.24) is 25.5 Å². The minimum Gasteiger partial charge on any atom is -0.490 e. The molecule has 2 aromatic carbocycles. The highest BCUT2D eigenvalue weighted by Gasteiger charge is 2.15. The molecule has 8 nitrogen and oxygen atoms in total. The van der Waals surface area contributed by atoms with Crippen LogP contribution in [0.5, 0.6) is 17.5 Å². The molecule has 156 valence electrons. The van der Waals surface area contributed by atoms with Gasteiger partial charge in [-0.05, 0) is 53.6 Å². The summed E-state index contributed by atoms with van der Waals surface area (Å²) in [5.74, 6) is 1.15. The zero-order valence-corrected chi connectivity index (χ0v) is 17.3. The Labute approximate surface area is 176 Å². The number of hydrogen-bond donors (Lipinski definition) is 2. The first-order valence-electron chi connectivity index (χ1n) is 9.36. The number of benzene rings is 2. The minimum atomic E-state index is 0. The van der Waals surface area contributed by atoms with Crippen molar-refractivity contribution >= 4 is 12.4 Å². The molecule has 1 unspecified atom stereocenters. The minimum absolute atomic E-state index is 0. The number of rotatable bonds is 10. The van der Waals surface area contributed by atoms with Crippen molar-refractivity contribution in [1.29, 1.82) is 0 Å². The van der Waals surface area contributed by atoms with Gasteiger partial charge in [0.2, 0.25) is 0 Å². The molecule has 1 atom stereocenters. The van der Waals surface area contributed by atoms with Crippen molar-refractivity contribution in [3.05, 3.63) is 54.1 Å². The maximum atomic E-state index is 9.32. The molecule has 0 spiro atoms. The average molecular weight is 420 g/mol. The van der Waals surface area contributed by atoms with Crippen LogP contribution in [-0.4, -0.2) is 44.6 Å². The lowest BCUT2D eigenvalue weighted by atomic mass is 10.1. The summed E-state index contributed by atoms with van der Waals surface area (Å²) in [6.45, 7) is 5.19. The Balaban J connectivity index is 0.00000300. The van der Waals surface area contributed by atoms with Crippen LogP contribution >= 0.6 is 12.4 Å². The number of para-hydroxylation sites is 1. The molecule has 3 rings (SSSR count). The third-order valence-corrected chi connectivity index (χ3v) is 4.26. The molecule has 0 radical (unpaired) electrons. The normalized spacial score (nSPS) is 11.6. The van der Waals surface area contributed by atoms with Gasteiger partial charge in [0, 0.05) is 12.6 Å². The fraction of sp³-hybridized carbons (Fsp3) is 0.350. The number of ether oxygens (including phenoxy) is 2. The van der Waals surface area contributed by atoms with Gasteiger partial charge in [-0.2, -0.15) is 4.68 Å². The quantitative estimate of drug-likeness (QED) is 0.521. The molecule has 0 aliphatic carbocycles. The second-order valence-corrected chi connectivity index (χ2v) is 6.19. The van der Waals surface area contributed by atoms with Gasteiger partial charge >= 0.3 is 6.01 Å². The van der Waals surface area contributed by atoms with Crippen molar-refractivity contribution < 1.29 is 14.6 Å². The Morgan fingerprint density at radius 2 is 1.90 bits per heavy atom. The Hall–Kier alpha value is -2.68. The molecule has 2 N–H and O–H groups in total. The third kappa shape index (κ3) is 5.90. The van der Waals surface area contributed by atoms with E-state index in [1.54, 1.807) is 0 Å². The van der Waals surface area contributed by atoms with Gasteiger partial charge in [-0.1, -0.05) is 36.3 Å². The Morgan fingerprint density at radius 1 is 1.10 bits per heavy atom. The monoisotopic (exact) mass is 419 g/mol. The number of nitrogens with one attached hydrogen (secondary N) is 1. The lowest BCUT2D eigenvalue weighted by molar-refractivity contribution is 0.238. The molecule has 0 saturated heterocycles. The molecule has 0 amide bonds. The van der Waals surface area contributed by atoms with Gasteiger partial charge in [0.1, 0.15) is 0 Å². The number of tetrazole rings is 1. The highest BCUT2D eigenvalue weighted by molar-refractivity contribution is 5.85. The van der Waals surface area contributed by atoms with Crippen LogP contribution in [0.4, 0.5) is 0 Å². The van der Waals surface area contributed by atoms with Crippen LogP contribution in [0.2, 0.25) is 0 Å². The second-order valence-electron chi connectivity index (χ2n) is 6.19. The van der Waals surface area contributed by atoms with E-state index in [1.165, 1.54) is 4.68 Å². The Kier molecular flexibility index (Phi) is 8.85. The van der Waals surface area contributed by atoms with Crippen molar-refractivity contribution in [3.63, 3.8) is 0 Å². The SMILES string of the molecule is CCOc1cc(CNC(CC)CO)ccc1Oc1nnnn1-c1ccccc1.Cl. The van der Waals surface area contributed by atoms with E-state index in [2.05, 4.69) is 20.8 Å². The molecule has 9 heteroatoms. The van der Waals surface area contributed by atoms with E-state index in [9.17, 15) is 5.11 Å². The zero-order chi connectivity index (χ0) is 19.8. The molecule has 0 bridgehead atoms. The summed E-state index contributed by atoms with van der Waals surface area (Å²) in [5.41, 5.74) is 1.83. The molecular formula is C20H26ClN5O3. The maximum Gasteiger partial charge on any atom is 0.346 e. The van der Waals surface area contributed by atoms with Crippen molar-refractivity contribution in [2.45, 2.75) is 32.9 Å². The smallest absolute Gasteiger partial charge is 0.346 e. The van der Waals surface area contributed by atoms with Crippen LogP contribution in [0, 0.1) is 0 Å². The summed E-state index contributed by atoms with van der Waals surface area (Å²) in [7, 11) is 0. The molecule has 3 aromatic rings. The third-order valence-electron chi connectivity index (χ3n) is 4.26. The van der Waals surface area contributed by atoms with Crippen LogP contribution in [0.1, 0.15) is 25.8 Å². The summed E-state index contributed by atoms with van der Waals surface area (Å²) in [6, 6.07) is 15.6. The highest BCUT2D eigenvalue weighted by Crippen LogP contribution is 2.32. The van der Waals surface area contributed by atoms with Gasteiger partial charge < -0.3 is 19.9 Å². The van der Waals surface area contributed by atoms with Crippen LogP contribution in [-0.2, 0) is 6.54 Å². The molecule has 0 fully saturated rings. The number of halogens is 1. The summed E-state index contributed by atoms with van der Waals surface area (Å²) in [5, 5.41) is 24.3. The Morgan fingerprint density at radius 3 is 2.59 bits per heavy atom. The summed E-state index contributed by atoms with van der Waals surface area (Å²) in [6.07, 6.45) is 0.859. The summed E-state index contributed by atoms with van der Waals surface area (Å²) >= 11 is 0. The molecule has 0 aliphatic heterocycles. The fourth-order valence-electron chi connectivity index (χ4n) is 2.69. The molecule has 0 saturated carbocycles. The molecular weight excluding hydrogens is 394 g/mol. The van der Waals surface area contributed by atoms with Crippen LogP contribution in [0.3, 0.4) is 0 Å². The Bertz CT molecular complexity index is 872. The van der Waals surface area contributed by atoms with Gasteiger partial charge in [-0.25, -0.2) is 0 Å². The molecule has 0 aliphatic rings. The number of aliphatic hydroxyl groups is 1. The lowest BCUT2D eigenvalue weighted by Crippen LogP contribution is -2.31.